The molecule has 0 radical (unpaired) electrons. The Morgan fingerprint density at radius 3 is 2.32 bits per heavy atom. The minimum absolute atomic E-state index is 0.0517. The van der Waals surface area contributed by atoms with E-state index >= 15 is 0 Å². The zero-order chi connectivity index (χ0) is 16.3. The topological polar surface area (TPSA) is 46.2 Å². The quantitative estimate of drug-likeness (QED) is 0.856. The van der Waals surface area contributed by atoms with E-state index in [9.17, 15) is 9.59 Å². The van der Waals surface area contributed by atoms with E-state index in [4.69, 9.17) is 0 Å². The van der Waals surface area contributed by atoms with Crippen molar-refractivity contribution in [3.05, 3.63) is 41.1 Å². The fourth-order valence-electron chi connectivity index (χ4n) is 2.70. The fourth-order valence-corrected chi connectivity index (χ4v) is 2.70. The zero-order valence-electron chi connectivity index (χ0n) is 13.9. The molecule has 0 heterocycles. The van der Waals surface area contributed by atoms with Crippen LogP contribution >= 0.6 is 0 Å². The summed E-state index contributed by atoms with van der Waals surface area (Å²) in [5.74, 6) is 0.351. The number of Topliss-reactive ketones (excluding diaryl/α,β-unsaturated/α-hetero) is 1. The molecule has 1 aliphatic carbocycles. The number of amides is 1. The number of fused-ring (bicyclic) bond motifs is 1. The molecule has 118 valence electrons. The second kappa shape index (κ2) is 6.91. The molecule has 2 rings (SSSR count). The van der Waals surface area contributed by atoms with E-state index < -0.39 is 0 Å². The predicted molar refractivity (Wildman–Crippen MR) is 89.4 cm³/mol. The van der Waals surface area contributed by atoms with Crippen LogP contribution < -0.4 is 5.32 Å². The Morgan fingerprint density at radius 1 is 1.09 bits per heavy atom. The van der Waals surface area contributed by atoms with Crippen LogP contribution in [0.5, 0.6) is 0 Å². The molecule has 3 heteroatoms. The van der Waals surface area contributed by atoms with Crippen molar-refractivity contribution in [2.24, 2.45) is 11.8 Å². The molecule has 1 aliphatic rings. The minimum Gasteiger partial charge on any atom is -0.322 e. The fraction of sp³-hybridized carbons (Fsp3) is 0.474. The Morgan fingerprint density at radius 2 is 1.73 bits per heavy atom. The number of ketones is 1. The van der Waals surface area contributed by atoms with E-state index in [1.165, 1.54) is 0 Å². The maximum Gasteiger partial charge on any atom is 0.227 e. The van der Waals surface area contributed by atoms with E-state index in [1.54, 1.807) is 0 Å². The summed E-state index contributed by atoms with van der Waals surface area (Å²) >= 11 is 0. The molecule has 0 aliphatic heterocycles. The average molecular weight is 299 g/mol. The van der Waals surface area contributed by atoms with E-state index in [0.29, 0.717) is 17.2 Å². The number of carbonyl (C=O) groups is 2. The molecule has 0 unspecified atom stereocenters. The van der Waals surface area contributed by atoms with Gasteiger partial charge in [0.25, 0.3) is 0 Å². The summed E-state index contributed by atoms with van der Waals surface area (Å²) in [4.78, 5) is 24.6. The summed E-state index contributed by atoms with van der Waals surface area (Å²) in [6.45, 7) is 8.06. The SMILES string of the molecule is CC(C)CCCC1=C(NC(=O)C(C)C)C(=O)c2ccccc21. The molecule has 1 aromatic carbocycles. The maximum absolute atomic E-state index is 12.6. The molecular weight excluding hydrogens is 274 g/mol. The molecule has 0 saturated carbocycles. The van der Waals surface area contributed by atoms with Crippen LogP contribution in [-0.2, 0) is 4.79 Å². The highest BCUT2D eigenvalue weighted by Crippen LogP contribution is 2.35. The Balaban J connectivity index is 2.30. The standard InChI is InChI=1S/C19H25NO2/c1-12(2)8-7-11-15-14-9-5-6-10-16(14)18(21)17(15)20-19(22)13(3)4/h5-6,9-10,12-13H,7-8,11H2,1-4H3,(H,20,21,22). The first-order valence-corrected chi connectivity index (χ1v) is 8.10. The number of hydrogen-bond donors (Lipinski definition) is 1. The number of rotatable bonds is 6. The predicted octanol–water partition coefficient (Wildman–Crippen LogP) is 4.19. The van der Waals surface area contributed by atoms with Crippen LogP contribution in [0.1, 0.15) is 62.9 Å². The Hall–Kier alpha value is -1.90. The van der Waals surface area contributed by atoms with Gasteiger partial charge in [-0.25, -0.2) is 0 Å². The van der Waals surface area contributed by atoms with Crippen molar-refractivity contribution in [3.63, 3.8) is 0 Å². The lowest BCUT2D eigenvalue weighted by Crippen LogP contribution is -2.30. The van der Waals surface area contributed by atoms with E-state index in [0.717, 1.165) is 30.4 Å². The molecule has 0 aromatic heterocycles. The Bertz CT molecular complexity index is 612. The summed E-state index contributed by atoms with van der Waals surface area (Å²) < 4.78 is 0. The first-order chi connectivity index (χ1) is 10.4. The average Bonchev–Trinajstić information content (AvgIpc) is 2.73. The number of nitrogens with one attached hydrogen (secondary N) is 1. The van der Waals surface area contributed by atoms with Gasteiger partial charge in [-0.1, -0.05) is 58.4 Å². The smallest absolute Gasteiger partial charge is 0.227 e. The molecule has 22 heavy (non-hydrogen) atoms. The highest BCUT2D eigenvalue weighted by Gasteiger charge is 2.30. The molecule has 0 spiro atoms. The van der Waals surface area contributed by atoms with Crippen molar-refractivity contribution in [1.82, 2.24) is 5.32 Å². The lowest BCUT2D eigenvalue weighted by molar-refractivity contribution is -0.123. The Labute approximate surface area is 132 Å². The van der Waals surface area contributed by atoms with Gasteiger partial charge < -0.3 is 5.32 Å². The van der Waals surface area contributed by atoms with Gasteiger partial charge in [0, 0.05) is 11.5 Å². The summed E-state index contributed by atoms with van der Waals surface area (Å²) in [5, 5.41) is 2.85. The number of carbonyl (C=O) groups excluding carboxylic acids is 2. The molecule has 0 bridgehead atoms. The van der Waals surface area contributed by atoms with Crippen LogP contribution in [0.25, 0.3) is 5.57 Å². The summed E-state index contributed by atoms with van der Waals surface area (Å²) in [6.07, 6.45) is 2.97. The molecule has 1 aromatic rings. The summed E-state index contributed by atoms with van der Waals surface area (Å²) in [7, 11) is 0. The van der Waals surface area contributed by atoms with Crippen LogP contribution in [-0.4, -0.2) is 11.7 Å². The van der Waals surface area contributed by atoms with Crippen molar-refractivity contribution >= 4 is 17.3 Å². The number of hydrogen-bond acceptors (Lipinski definition) is 2. The van der Waals surface area contributed by atoms with Crippen LogP contribution in [0.15, 0.2) is 30.0 Å². The van der Waals surface area contributed by atoms with Crippen LogP contribution in [0, 0.1) is 11.8 Å². The van der Waals surface area contributed by atoms with E-state index in [1.807, 2.05) is 38.1 Å². The van der Waals surface area contributed by atoms with Gasteiger partial charge in [-0.05, 0) is 29.9 Å². The van der Waals surface area contributed by atoms with Gasteiger partial charge in [-0.15, -0.1) is 0 Å². The van der Waals surface area contributed by atoms with Gasteiger partial charge in [0.05, 0.1) is 5.70 Å². The third-order valence-corrected chi connectivity index (χ3v) is 4.01. The molecule has 0 fully saturated rings. The third-order valence-electron chi connectivity index (χ3n) is 4.01. The van der Waals surface area contributed by atoms with E-state index in [2.05, 4.69) is 19.2 Å². The van der Waals surface area contributed by atoms with Crippen LogP contribution in [0.4, 0.5) is 0 Å². The normalized spacial score (nSPS) is 14.0. The number of allylic oxidation sites excluding steroid dienone is 2. The monoisotopic (exact) mass is 299 g/mol. The first kappa shape index (κ1) is 16.5. The first-order valence-electron chi connectivity index (χ1n) is 8.10. The van der Waals surface area contributed by atoms with Gasteiger partial charge in [-0.2, -0.15) is 0 Å². The third kappa shape index (κ3) is 3.46. The highest BCUT2D eigenvalue weighted by atomic mass is 16.2. The van der Waals surface area contributed by atoms with Crippen molar-refractivity contribution in [3.8, 4) is 0 Å². The van der Waals surface area contributed by atoms with Gasteiger partial charge in [0.15, 0.2) is 0 Å². The molecule has 0 atom stereocenters. The van der Waals surface area contributed by atoms with Crippen molar-refractivity contribution in [2.45, 2.75) is 47.0 Å². The molecule has 1 N–H and O–H groups in total. The largest absolute Gasteiger partial charge is 0.322 e. The second-order valence-corrected chi connectivity index (χ2v) is 6.66. The lowest BCUT2D eigenvalue weighted by atomic mass is 9.98. The Kier molecular flexibility index (Phi) is 5.17. The van der Waals surface area contributed by atoms with Crippen molar-refractivity contribution in [1.29, 1.82) is 0 Å². The molecule has 0 saturated heterocycles. The van der Waals surface area contributed by atoms with Crippen molar-refractivity contribution in [2.75, 3.05) is 0 Å². The summed E-state index contributed by atoms with van der Waals surface area (Å²) in [6, 6.07) is 7.64. The van der Waals surface area contributed by atoms with Gasteiger partial charge in [0.2, 0.25) is 11.7 Å². The molecule has 3 nitrogen and oxygen atoms in total. The lowest BCUT2D eigenvalue weighted by Gasteiger charge is -2.11. The number of benzene rings is 1. The molecular formula is C19H25NO2. The summed E-state index contributed by atoms with van der Waals surface area (Å²) in [5.41, 5.74) is 3.18. The van der Waals surface area contributed by atoms with Gasteiger partial charge in [0.1, 0.15) is 0 Å². The second-order valence-electron chi connectivity index (χ2n) is 6.66. The molecule has 1 amide bonds. The van der Waals surface area contributed by atoms with Crippen molar-refractivity contribution < 1.29 is 9.59 Å². The van der Waals surface area contributed by atoms with Gasteiger partial charge >= 0.3 is 0 Å². The maximum atomic E-state index is 12.6. The van der Waals surface area contributed by atoms with Crippen LogP contribution in [0.3, 0.4) is 0 Å². The highest BCUT2D eigenvalue weighted by molar-refractivity contribution is 6.21. The minimum atomic E-state index is -0.138. The van der Waals surface area contributed by atoms with E-state index in [-0.39, 0.29) is 17.6 Å². The van der Waals surface area contributed by atoms with Gasteiger partial charge in [-0.3, -0.25) is 9.59 Å². The zero-order valence-corrected chi connectivity index (χ0v) is 13.9. The van der Waals surface area contributed by atoms with Crippen LogP contribution in [0.2, 0.25) is 0 Å².